The zero-order valence-electron chi connectivity index (χ0n) is 13.6. The van der Waals surface area contributed by atoms with Gasteiger partial charge in [-0.3, -0.25) is 4.99 Å². The molecule has 126 valence electrons. The molecule has 0 fully saturated rings. The van der Waals surface area contributed by atoms with Gasteiger partial charge in [0.05, 0.1) is 12.8 Å². The van der Waals surface area contributed by atoms with Crippen molar-refractivity contribution in [3.8, 4) is 0 Å². The number of nitrogens with one attached hydrogen (secondary N) is 3. The first-order valence-electron chi connectivity index (χ1n) is 7.35. The lowest BCUT2D eigenvalue weighted by molar-refractivity contribution is 0.588. The molecular weight excluding hydrogens is 320 g/mol. The Kier molecular flexibility index (Phi) is 7.84. The van der Waals surface area contributed by atoms with Crippen molar-refractivity contribution in [1.82, 2.24) is 15.4 Å². The second kappa shape index (κ2) is 9.12. The molecule has 22 heavy (non-hydrogen) atoms. The minimum absolute atomic E-state index is 0.249. The lowest BCUT2D eigenvalue weighted by Crippen LogP contribution is -2.43. The van der Waals surface area contributed by atoms with Crippen LogP contribution in [0.5, 0.6) is 0 Å². The first-order valence-corrected chi connectivity index (χ1v) is 10.1. The van der Waals surface area contributed by atoms with Gasteiger partial charge in [-0.15, -0.1) is 11.3 Å². The van der Waals surface area contributed by atoms with Crippen LogP contribution in [0.3, 0.4) is 0 Å². The van der Waals surface area contributed by atoms with E-state index in [9.17, 15) is 8.42 Å². The maximum atomic E-state index is 11.0. The van der Waals surface area contributed by atoms with Crippen LogP contribution in [0.2, 0.25) is 0 Å². The van der Waals surface area contributed by atoms with E-state index in [1.165, 1.54) is 9.75 Å². The van der Waals surface area contributed by atoms with Crippen LogP contribution in [0.25, 0.3) is 0 Å². The molecule has 1 unspecified atom stereocenters. The summed E-state index contributed by atoms with van der Waals surface area (Å²) >= 11 is 1.80. The maximum Gasteiger partial charge on any atom is 0.208 e. The van der Waals surface area contributed by atoms with Crippen LogP contribution in [0.1, 0.15) is 23.6 Å². The third-order valence-electron chi connectivity index (χ3n) is 2.78. The molecule has 0 aliphatic heterocycles. The predicted molar refractivity (Wildman–Crippen MR) is 94.2 cm³/mol. The summed E-state index contributed by atoms with van der Waals surface area (Å²) in [7, 11) is -3.15. The number of thiophene rings is 1. The largest absolute Gasteiger partial charge is 0.357 e. The monoisotopic (exact) mass is 346 g/mol. The fourth-order valence-electron chi connectivity index (χ4n) is 1.90. The summed E-state index contributed by atoms with van der Waals surface area (Å²) in [5, 5.41) is 6.51. The Morgan fingerprint density at radius 2 is 2.14 bits per heavy atom. The highest BCUT2D eigenvalue weighted by Gasteiger charge is 2.07. The number of aliphatic imine (C=N–C) groups is 1. The maximum absolute atomic E-state index is 11.0. The molecule has 1 aromatic rings. The van der Waals surface area contributed by atoms with E-state index in [4.69, 9.17) is 0 Å². The Balaban J connectivity index is 2.47. The predicted octanol–water partition coefficient (Wildman–Crippen LogP) is 1.09. The second-order valence-electron chi connectivity index (χ2n) is 5.19. The van der Waals surface area contributed by atoms with Crippen LogP contribution in [0.4, 0.5) is 0 Å². The van der Waals surface area contributed by atoms with Crippen molar-refractivity contribution < 1.29 is 8.42 Å². The van der Waals surface area contributed by atoms with Crippen molar-refractivity contribution in [2.24, 2.45) is 4.99 Å². The quantitative estimate of drug-likeness (QED) is 0.374. The Hall–Kier alpha value is -1.12. The molecule has 0 amide bonds. The van der Waals surface area contributed by atoms with Crippen LogP contribution in [-0.2, 0) is 16.4 Å². The van der Waals surface area contributed by atoms with Crippen molar-refractivity contribution in [2.75, 3.05) is 25.9 Å². The highest BCUT2D eigenvalue weighted by atomic mass is 32.2. The van der Waals surface area contributed by atoms with Crippen molar-refractivity contribution in [2.45, 2.75) is 33.2 Å². The normalized spacial score (nSPS) is 13.9. The zero-order chi connectivity index (χ0) is 16.6. The van der Waals surface area contributed by atoms with Gasteiger partial charge in [-0.05, 0) is 32.9 Å². The lowest BCUT2D eigenvalue weighted by atomic mass is 10.2. The summed E-state index contributed by atoms with van der Waals surface area (Å²) in [4.78, 5) is 7.03. The molecule has 1 aromatic heterocycles. The topological polar surface area (TPSA) is 82.6 Å². The standard InChI is InChI=1S/C14H26N4O2S2/c1-5-15-14(16-8-9-17-22(4,19)20)18-11(2)10-13-7-6-12(3)21-13/h6-7,11,17H,5,8-10H2,1-4H3,(H2,15,16,18). The van der Waals surface area contributed by atoms with E-state index in [1.807, 2.05) is 6.92 Å². The number of sulfonamides is 1. The van der Waals surface area contributed by atoms with Crippen molar-refractivity contribution in [1.29, 1.82) is 0 Å². The molecule has 0 bridgehead atoms. The van der Waals surface area contributed by atoms with Gasteiger partial charge in [0.15, 0.2) is 5.96 Å². The summed E-state index contributed by atoms with van der Waals surface area (Å²) in [5.74, 6) is 0.707. The van der Waals surface area contributed by atoms with E-state index in [0.717, 1.165) is 19.2 Å². The molecule has 0 aliphatic rings. The number of guanidine groups is 1. The average molecular weight is 347 g/mol. The van der Waals surface area contributed by atoms with Gasteiger partial charge in [0.1, 0.15) is 0 Å². The van der Waals surface area contributed by atoms with Crippen LogP contribution < -0.4 is 15.4 Å². The first kappa shape index (κ1) is 18.9. The van der Waals surface area contributed by atoms with Gasteiger partial charge in [0, 0.05) is 35.3 Å². The molecule has 0 aliphatic carbocycles. The van der Waals surface area contributed by atoms with Gasteiger partial charge in [0.25, 0.3) is 0 Å². The zero-order valence-corrected chi connectivity index (χ0v) is 15.3. The van der Waals surface area contributed by atoms with Crippen LogP contribution in [-0.4, -0.2) is 46.3 Å². The molecule has 0 aromatic carbocycles. The number of rotatable bonds is 8. The summed E-state index contributed by atoms with van der Waals surface area (Å²) in [5.41, 5.74) is 0. The average Bonchev–Trinajstić information content (AvgIpc) is 2.79. The van der Waals surface area contributed by atoms with Crippen LogP contribution >= 0.6 is 11.3 Å². The molecular formula is C14H26N4O2S2. The van der Waals surface area contributed by atoms with E-state index in [0.29, 0.717) is 19.0 Å². The molecule has 6 nitrogen and oxygen atoms in total. The SMILES string of the molecule is CCNC(=NCCNS(C)(=O)=O)NC(C)Cc1ccc(C)s1. The molecule has 8 heteroatoms. The van der Waals surface area contributed by atoms with Crippen LogP contribution in [0, 0.1) is 6.92 Å². The van der Waals surface area contributed by atoms with E-state index in [-0.39, 0.29) is 6.04 Å². The molecule has 1 rings (SSSR count). The van der Waals surface area contributed by atoms with Gasteiger partial charge in [-0.1, -0.05) is 0 Å². The van der Waals surface area contributed by atoms with Gasteiger partial charge < -0.3 is 10.6 Å². The van der Waals surface area contributed by atoms with Crippen molar-refractivity contribution in [3.05, 3.63) is 21.9 Å². The fraction of sp³-hybridized carbons (Fsp3) is 0.643. The molecule has 1 atom stereocenters. The second-order valence-corrected chi connectivity index (χ2v) is 8.39. The number of nitrogens with zero attached hydrogens (tertiary/aromatic N) is 1. The Morgan fingerprint density at radius 3 is 2.68 bits per heavy atom. The van der Waals surface area contributed by atoms with Gasteiger partial charge in [-0.2, -0.15) is 0 Å². The summed E-state index contributed by atoms with van der Waals surface area (Å²) in [6.07, 6.45) is 2.08. The molecule has 0 saturated carbocycles. The van der Waals surface area contributed by atoms with E-state index >= 15 is 0 Å². The minimum atomic E-state index is -3.15. The lowest BCUT2D eigenvalue weighted by Gasteiger charge is -2.17. The Labute approximate surface area is 137 Å². The minimum Gasteiger partial charge on any atom is -0.357 e. The van der Waals surface area contributed by atoms with E-state index < -0.39 is 10.0 Å². The highest BCUT2D eigenvalue weighted by Crippen LogP contribution is 2.16. The fourth-order valence-corrected chi connectivity index (χ4v) is 3.38. The van der Waals surface area contributed by atoms with Crippen LogP contribution in [0.15, 0.2) is 17.1 Å². The Morgan fingerprint density at radius 1 is 1.41 bits per heavy atom. The summed E-state index contributed by atoms with van der Waals surface area (Å²) in [6.45, 7) is 7.67. The number of hydrogen-bond donors (Lipinski definition) is 3. The summed E-state index contributed by atoms with van der Waals surface area (Å²) < 4.78 is 24.4. The molecule has 1 heterocycles. The first-order chi connectivity index (χ1) is 10.3. The van der Waals surface area contributed by atoms with Crippen molar-refractivity contribution in [3.63, 3.8) is 0 Å². The smallest absolute Gasteiger partial charge is 0.208 e. The van der Waals surface area contributed by atoms with Gasteiger partial charge in [0.2, 0.25) is 10.0 Å². The van der Waals surface area contributed by atoms with E-state index in [1.54, 1.807) is 11.3 Å². The molecule has 0 radical (unpaired) electrons. The molecule has 3 N–H and O–H groups in total. The van der Waals surface area contributed by atoms with Crippen molar-refractivity contribution >= 4 is 27.3 Å². The molecule has 0 saturated heterocycles. The third-order valence-corrected chi connectivity index (χ3v) is 4.53. The van der Waals surface area contributed by atoms with E-state index in [2.05, 4.69) is 46.3 Å². The number of aryl methyl sites for hydroxylation is 1. The highest BCUT2D eigenvalue weighted by molar-refractivity contribution is 7.88. The summed E-state index contributed by atoms with van der Waals surface area (Å²) in [6, 6.07) is 4.53. The van der Waals surface area contributed by atoms with Gasteiger partial charge >= 0.3 is 0 Å². The van der Waals surface area contributed by atoms with Gasteiger partial charge in [-0.25, -0.2) is 13.1 Å². The Bertz CT molecular complexity index is 581. The third kappa shape index (κ3) is 8.35. The molecule has 0 spiro atoms. The number of hydrogen-bond acceptors (Lipinski definition) is 4.